The Morgan fingerprint density at radius 2 is 2.30 bits per heavy atom. The van der Waals surface area contributed by atoms with Crippen LogP contribution in [0.25, 0.3) is 10.9 Å². The normalized spacial score (nSPS) is 10.5. The van der Waals surface area contributed by atoms with E-state index in [2.05, 4.69) is 20.4 Å². The summed E-state index contributed by atoms with van der Waals surface area (Å²) in [4.78, 5) is 4.01. The molecule has 0 spiro atoms. The molecule has 2 nitrogen and oxygen atoms in total. The molecule has 0 fully saturated rings. The van der Waals surface area contributed by atoms with Crippen molar-refractivity contribution in [1.29, 1.82) is 0 Å². The summed E-state index contributed by atoms with van der Waals surface area (Å²) in [5, 5.41) is 1.23. The summed E-state index contributed by atoms with van der Waals surface area (Å²) in [6, 6.07) is 4.06. The molecule has 0 aromatic carbocycles. The third-order valence-corrected chi connectivity index (χ3v) is 1.98. The van der Waals surface area contributed by atoms with Gasteiger partial charge in [0.15, 0.2) is 0 Å². The number of aromatic nitrogens is 2. The van der Waals surface area contributed by atoms with Gasteiger partial charge in [-0.1, -0.05) is 0 Å². The molecule has 0 saturated carbocycles. The molecule has 50 valence electrons. The predicted molar refractivity (Wildman–Crippen MR) is 44.8 cm³/mol. The number of fused-ring (bicyclic) bond motifs is 1. The van der Waals surface area contributed by atoms with Gasteiger partial charge in [0, 0.05) is 17.8 Å². The Balaban J connectivity index is 2.93. The fourth-order valence-electron chi connectivity index (χ4n) is 0.994. The van der Waals surface area contributed by atoms with E-state index in [0.29, 0.717) is 0 Å². The Hall–Kier alpha value is -0.880. The van der Waals surface area contributed by atoms with Crippen LogP contribution in [0.15, 0.2) is 30.7 Å². The second-order valence-electron chi connectivity index (χ2n) is 2.16. The summed E-state index contributed by atoms with van der Waals surface area (Å²) in [7, 11) is 2.61. The first kappa shape index (κ1) is 5.87. The molecule has 0 N–H and O–H groups in total. The molecule has 10 heavy (non-hydrogen) atoms. The van der Waals surface area contributed by atoms with Crippen molar-refractivity contribution < 1.29 is 0 Å². The second kappa shape index (κ2) is 2.06. The third kappa shape index (κ3) is 0.729. The lowest BCUT2D eigenvalue weighted by molar-refractivity contribution is 1.30. The topological polar surface area (TPSA) is 17.8 Å². The van der Waals surface area contributed by atoms with Crippen molar-refractivity contribution in [2.24, 2.45) is 0 Å². The average Bonchev–Trinajstić information content (AvgIpc) is 2.34. The molecular formula is C7H7N2P. The summed E-state index contributed by atoms with van der Waals surface area (Å²) >= 11 is 0. The number of nitrogens with zero attached hydrogens (tertiary/aromatic N) is 2. The van der Waals surface area contributed by atoms with Crippen LogP contribution in [0.2, 0.25) is 0 Å². The molecule has 1 unspecified atom stereocenters. The van der Waals surface area contributed by atoms with Crippen LogP contribution in [0.4, 0.5) is 0 Å². The van der Waals surface area contributed by atoms with E-state index in [1.54, 1.807) is 6.20 Å². The molecular weight excluding hydrogens is 143 g/mol. The maximum Gasteiger partial charge on any atom is 0.0695 e. The quantitative estimate of drug-likeness (QED) is 0.522. The zero-order chi connectivity index (χ0) is 6.97. The summed E-state index contributed by atoms with van der Waals surface area (Å²) in [6.45, 7) is 0. The molecule has 0 saturated heterocycles. The van der Waals surface area contributed by atoms with Crippen molar-refractivity contribution in [2.45, 2.75) is 0 Å². The van der Waals surface area contributed by atoms with Gasteiger partial charge >= 0.3 is 0 Å². The molecule has 0 aliphatic rings. The van der Waals surface area contributed by atoms with Crippen LogP contribution in [-0.4, -0.2) is 9.32 Å². The Kier molecular flexibility index (Phi) is 1.21. The van der Waals surface area contributed by atoms with Crippen LogP contribution in [0.1, 0.15) is 0 Å². The summed E-state index contributed by atoms with van der Waals surface area (Å²) in [5.74, 6) is 0. The molecule has 0 bridgehead atoms. The molecule has 1 atom stereocenters. The average molecular weight is 150 g/mol. The lowest BCUT2D eigenvalue weighted by Gasteiger charge is -1.91. The minimum Gasteiger partial charge on any atom is -0.331 e. The van der Waals surface area contributed by atoms with Crippen molar-refractivity contribution in [3.8, 4) is 0 Å². The monoisotopic (exact) mass is 150 g/mol. The van der Waals surface area contributed by atoms with Crippen LogP contribution in [-0.2, 0) is 0 Å². The maximum absolute atomic E-state index is 4.01. The Bertz CT molecular complexity index is 353. The Morgan fingerprint density at radius 3 is 3.10 bits per heavy atom. The van der Waals surface area contributed by atoms with E-state index >= 15 is 0 Å². The largest absolute Gasteiger partial charge is 0.331 e. The smallest absolute Gasteiger partial charge is 0.0695 e. The van der Waals surface area contributed by atoms with Crippen molar-refractivity contribution in [2.75, 3.05) is 0 Å². The predicted octanol–water partition coefficient (Wildman–Crippen LogP) is 1.67. The van der Waals surface area contributed by atoms with Gasteiger partial charge in [0.1, 0.15) is 0 Å². The summed E-state index contributed by atoms with van der Waals surface area (Å²) < 4.78 is 1.97. The molecule has 2 heterocycles. The van der Waals surface area contributed by atoms with Crippen LogP contribution < -0.4 is 0 Å². The van der Waals surface area contributed by atoms with Gasteiger partial charge in [0.25, 0.3) is 0 Å². The Labute approximate surface area is 61.1 Å². The first-order valence-electron chi connectivity index (χ1n) is 3.04. The van der Waals surface area contributed by atoms with Gasteiger partial charge < -0.3 is 4.34 Å². The molecule has 0 radical (unpaired) electrons. The molecule has 2 aromatic rings. The van der Waals surface area contributed by atoms with Crippen LogP contribution >= 0.6 is 9.39 Å². The standard InChI is InChI=1S/C7H7N2P/c10-9-4-2-6-1-3-8-5-7(6)9/h1-5H,10H2. The van der Waals surface area contributed by atoms with E-state index in [0.717, 1.165) is 5.52 Å². The minimum absolute atomic E-state index is 1.15. The van der Waals surface area contributed by atoms with Gasteiger partial charge in [0.2, 0.25) is 0 Å². The first-order valence-corrected chi connectivity index (χ1v) is 3.56. The maximum atomic E-state index is 4.01. The van der Waals surface area contributed by atoms with Gasteiger partial charge in [-0.05, 0) is 21.5 Å². The van der Waals surface area contributed by atoms with E-state index in [9.17, 15) is 0 Å². The van der Waals surface area contributed by atoms with E-state index in [1.807, 2.05) is 22.8 Å². The summed E-state index contributed by atoms with van der Waals surface area (Å²) in [5.41, 5.74) is 1.15. The van der Waals surface area contributed by atoms with Gasteiger partial charge in [-0.15, -0.1) is 0 Å². The van der Waals surface area contributed by atoms with E-state index in [4.69, 9.17) is 0 Å². The number of hydrogen-bond donors (Lipinski definition) is 0. The van der Waals surface area contributed by atoms with Crippen LogP contribution in [0.5, 0.6) is 0 Å². The zero-order valence-electron chi connectivity index (χ0n) is 5.36. The molecule has 2 rings (SSSR count). The summed E-state index contributed by atoms with van der Waals surface area (Å²) in [6.07, 6.45) is 5.65. The van der Waals surface area contributed by atoms with Gasteiger partial charge in [-0.25, -0.2) is 0 Å². The number of hydrogen-bond acceptors (Lipinski definition) is 1. The van der Waals surface area contributed by atoms with Crippen LogP contribution in [0.3, 0.4) is 0 Å². The lowest BCUT2D eigenvalue weighted by Crippen LogP contribution is -1.75. The highest BCUT2D eigenvalue weighted by molar-refractivity contribution is 7.14. The highest BCUT2D eigenvalue weighted by Gasteiger charge is 1.93. The highest BCUT2D eigenvalue weighted by Crippen LogP contribution is 2.14. The van der Waals surface area contributed by atoms with E-state index < -0.39 is 0 Å². The van der Waals surface area contributed by atoms with Crippen molar-refractivity contribution in [1.82, 2.24) is 9.32 Å². The fourth-order valence-corrected chi connectivity index (χ4v) is 1.30. The van der Waals surface area contributed by atoms with Gasteiger partial charge in [-0.3, -0.25) is 4.98 Å². The first-order chi connectivity index (χ1) is 4.88. The molecule has 0 aliphatic heterocycles. The zero-order valence-corrected chi connectivity index (χ0v) is 6.51. The minimum atomic E-state index is 1.15. The van der Waals surface area contributed by atoms with E-state index in [-0.39, 0.29) is 0 Å². The third-order valence-electron chi connectivity index (χ3n) is 1.53. The molecule has 2 aromatic heterocycles. The van der Waals surface area contributed by atoms with Crippen molar-refractivity contribution in [3.63, 3.8) is 0 Å². The Morgan fingerprint density at radius 1 is 1.40 bits per heavy atom. The number of rotatable bonds is 0. The van der Waals surface area contributed by atoms with Crippen molar-refractivity contribution in [3.05, 3.63) is 30.7 Å². The molecule has 0 aliphatic carbocycles. The molecule has 0 amide bonds. The fraction of sp³-hybridized carbons (Fsp3) is 0. The van der Waals surface area contributed by atoms with E-state index in [1.165, 1.54) is 5.39 Å². The van der Waals surface area contributed by atoms with Gasteiger partial charge in [-0.2, -0.15) is 0 Å². The SMILES string of the molecule is Pn1ccc2ccncc21. The van der Waals surface area contributed by atoms with Gasteiger partial charge in [0.05, 0.1) is 11.7 Å². The van der Waals surface area contributed by atoms with Crippen LogP contribution in [0, 0.1) is 0 Å². The number of pyridine rings is 1. The highest BCUT2D eigenvalue weighted by atomic mass is 31.0. The molecule has 3 heteroatoms. The van der Waals surface area contributed by atoms with Crippen molar-refractivity contribution >= 4 is 20.3 Å². The second-order valence-corrected chi connectivity index (χ2v) is 2.71. The lowest BCUT2D eigenvalue weighted by atomic mass is 10.3.